The highest BCUT2D eigenvalue weighted by molar-refractivity contribution is 5.92. The van der Waals surface area contributed by atoms with Gasteiger partial charge < -0.3 is 23.8 Å². The van der Waals surface area contributed by atoms with E-state index in [9.17, 15) is 4.79 Å². The van der Waals surface area contributed by atoms with Crippen LogP contribution in [0.4, 0.5) is 0 Å². The first-order chi connectivity index (χ1) is 11.6. The van der Waals surface area contributed by atoms with Crippen LogP contribution in [0.1, 0.15) is 18.9 Å². The minimum Gasteiger partial charge on any atom is -0.493 e. The van der Waals surface area contributed by atoms with Crippen LogP contribution >= 0.6 is 0 Å². The molecule has 0 radical (unpaired) electrons. The number of carbonyl (C=O) groups is 1. The first kappa shape index (κ1) is 18.1. The molecular formula is C18H25NO5. The maximum atomic E-state index is 12.5. The first-order valence-corrected chi connectivity index (χ1v) is 8.01. The van der Waals surface area contributed by atoms with E-state index in [1.54, 1.807) is 33.5 Å². The van der Waals surface area contributed by atoms with Crippen molar-refractivity contribution in [3.8, 4) is 17.2 Å². The molecule has 1 aromatic rings. The molecule has 1 heterocycles. The van der Waals surface area contributed by atoms with Crippen LogP contribution in [0.5, 0.6) is 17.2 Å². The highest BCUT2D eigenvalue weighted by Gasteiger charge is 2.24. The fraction of sp³-hybridized carbons (Fsp3) is 0.500. The lowest BCUT2D eigenvalue weighted by atomic mass is 10.1. The van der Waals surface area contributed by atoms with Crippen molar-refractivity contribution in [1.82, 2.24) is 4.90 Å². The SMILES string of the molecule is CCC1COCCN1C(=O)/C=C/c1cc(OC)c(OC)c(OC)c1. The molecular weight excluding hydrogens is 310 g/mol. The van der Waals surface area contributed by atoms with Crippen LogP contribution in [0.25, 0.3) is 6.08 Å². The van der Waals surface area contributed by atoms with E-state index in [1.165, 1.54) is 0 Å². The van der Waals surface area contributed by atoms with Crippen molar-refractivity contribution in [3.05, 3.63) is 23.8 Å². The van der Waals surface area contributed by atoms with E-state index in [0.717, 1.165) is 12.0 Å². The number of benzene rings is 1. The zero-order valence-corrected chi connectivity index (χ0v) is 14.7. The van der Waals surface area contributed by atoms with Crippen molar-refractivity contribution >= 4 is 12.0 Å². The van der Waals surface area contributed by atoms with Crippen molar-refractivity contribution in [2.45, 2.75) is 19.4 Å². The van der Waals surface area contributed by atoms with Gasteiger partial charge in [-0.2, -0.15) is 0 Å². The summed E-state index contributed by atoms with van der Waals surface area (Å²) in [6.07, 6.45) is 4.22. The summed E-state index contributed by atoms with van der Waals surface area (Å²) in [4.78, 5) is 14.3. The number of rotatable bonds is 6. The molecule has 0 bridgehead atoms. The molecule has 1 amide bonds. The molecule has 0 aliphatic carbocycles. The second-order valence-electron chi connectivity index (χ2n) is 5.46. The third kappa shape index (κ3) is 4.00. The molecule has 132 valence electrons. The van der Waals surface area contributed by atoms with Crippen LogP contribution in [0.2, 0.25) is 0 Å². The zero-order chi connectivity index (χ0) is 17.5. The molecule has 1 aliphatic rings. The molecule has 0 spiro atoms. The Bertz CT molecular complexity index is 574. The Balaban J connectivity index is 2.20. The molecule has 1 aromatic carbocycles. The van der Waals surface area contributed by atoms with Gasteiger partial charge in [-0.05, 0) is 30.2 Å². The summed E-state index contributed by atoms with van der Waals surface area (Å²) in [5.41, 5.74) is 0.805. The summed E-state index contributed by atoms with van der Waals surface area (Å²) < 4.78 is 21.4. The molecule has 0 saturated carbocycles. The second kappa shape index (κ2) is 8.59. The van der Waals surface area contributed by atoms with E-state index in [4.69, 9.17) is 18.9 Å². The third-order valence-electron chi connectivity index (χ3n) is 4.09. The number of morpholine rings is 1. The van der Waals surface area contributed by atoms with Crippen LogP contribution in [0.15, 0.2) is 18.2 Å². The van der Waals surface area contributed by atoms with E-state index in [0.29, 0.717) is 37.0 Å². The lowest BCUT2D eigenvalue weighted by Gasteiger charge is -2.34. The van der Waals surface area contributed by atoms with Gasteiger partial charge in [-0.25, -0.2) is 0 Å². The Kier molecular flexibility index (Phi) is 6.49. The lowest BCUT2D eigenvalue weighted by molar-refractivity contribution is -0.134. The van der Waals surface area contributed by atoms with Gasteiger partial charge in [0.1, 0.15) is 0 Å². The van der Waals surface area contributed by atoms with Crippen molar-refractivity contribution in [1.29, 1.82) is 0 Å². The van der Waals surface area contributed by atoms with Crippen LogP contribution in [-0.4, -0.2) is 57.9 Å². The van der Waals surface area contributed by atoms with Gasteiger partial charge in [-0.15, -0.1) is 0 Å². The summed E-state index contributed by atoms with van der Waals surface area (Å²) in [6, 6.07) is 3.75. The van der Waals surface area contributed by atoms with E-state index in [2.05, 4.69) is 6.92 Å². The number of ether oxygens (including phenoxy) is 4. The van der Waals surface area contributed by atoms with E-state index in [1.807, 2.05) is 17.0 Å². The topological polar surface area (TPSA) is 57.2 Å². The Hall–Kier alpha value is -2.21. The van der Waals surface area contributed by atoms with E-state index in [-0.39, 0.29) is 11.9 Å². The Morgan fingerprint density at radius 3 is 2.46 bits per heavy atom. The quantitative estimate of drug-likeness (QED) is 0.747. The molecule has 0 aromatic heterocycles. The minimum absolute atomic E-state index is 0.0149. The van der Waals surface area contributed by atoms with Gasteiger partial charge in [0.15, 0.2) is 11.5 Å². The predicted octanol–water partition coefficient (Wildman–Crippen LogP) is 2.36. The van der Waals surface area contributed by atoms with E-state index < -0.39 is 0 Å². The minimum atomic E-state index is -0.0149. The Labute approximate surface area is 142 Å². The van der Waals surface area contributed by atoms with Gasteiger partial charge in [-0.1, -0.05) is 6.92 Å². The predicted molar refractivity (Wildman–Crippen MR) is 91.7 cm³/mol. The van der Waals surface area contributed by atoms with E-state index >= 15 is 0 Å². The number of nitrogens with zero attached hydrogens (tertiary/aromatic N) is 1. The molecule has 6 nitrogen and oxygen atoms in total. The number of hydrogen-bond acceptors (Lipinski definition) is 5. The highest BCUT2D eigenvalue weighted by atomic mass is 16.5. The van der Waals surface area contributed by atoms with Crippen molar-refractivity contribution < 1.29 is 23.7 Å². The number of methoxy groups -OCH3 is 3. The summed E-state index contributed by atoms with van der Waals surface area (Å²) in [6.45, 7) is 3.86. The highest BCUT2D eigenvalue weighted by Crippen LogP contribution is 2.38. The zero-order valence-electron chi connectivity index (χ0n) is 14.7. The number of amides is 1. The van der Waals surface area contributed by atoms with Crippen molar-refractivity contribution in [2.24, 2.45) is 0 Å². The third-order valence-corrected chi connectivity index (χ3v) is 4.09. The van der Waals surface area contributed by atoms with Crippen LogP contribution in [0, 0.1) is 0 Å². The van der Waals surface area contributed by atoms with Crippen molar-refractivity contribution in [3.63, 3.8) is 0 Å². The molecule has 1 fully saturated rings. The average Bonchev–Trinajstić information content (AvgIpc) is 2.64. The number of carbonyl (C=O) groups excluding carboxylic acids is 1. The molecule has 1 aliphatic heterocycles. The molecule has 0 N–H and O–H groups in total. The maximum Gasteiger partial charge on any atom is 0.246 e. The summed E-state index contributed by atoms with van der Waals surface area (Å²) in [5.74, 6) is 1.63. The van der Waals surface area contributed by atoms with Gasteiger partial charge in [0, 0.05) is 12.6 Å². The molecule has 1 saturated heterocycles. The van der Waals surface area contributed by atoms with Gasteiger partial charge in [0.25, 0.3) is 0 Å². The molecule has 1 unspecified atom stereocenters. The van der Waals surface area contributed by atoms with Gasteiger partial charge in [0.05, 0.1) is 40.6 Å². The molecule has 2 rings (SSSR count). The Morgan fingerprint density at radius 2 is 1.92 bits per heavy atom. The van der Waals surface area contributed by atoms with Gasteiger partial charge in [0.2, 0.25) is 11.7 Å². The largest absolute Gasteiger partial charge is 0.493 e. The second-order valence-corrected chi connectivity index (χ2v) is 5.46. The monoisotopic (exact) mass is 335 g/mol. The smallest absolute Gasteiger partial charge is 0.246 e. The van der Waals surface area contributed by atoms with Crippen molar-refractivity contribution in [2.75, 3.05) is 41.1 Å². The summed E-state index contributed by atoms with van der Waals surface area (Å²) >= 11 is 0. The summed E-state index contributed by atoms with van der Waals surface area (Å²) in [5, 5.41) is 0. The summed E-state index contributed by atoms with van der Waals surface area (Å²) in [7, 11) is 4.69. The normalized spacial score (nSPS) is 17.8. The van der Waals surface area contributed by atoms with Crippen LogP contribution in [0.3, 0.4) is 0 Å². The maximum absolute atomic E-state index is 12.5. The van der Waals surface area contributed by atoms with Gasteiger partial charge in [-0.3, -0.25) is 4.79 Å². The first-order valence-electron chi connectivity index (χ1n) is 8.01. The fourth-order valence-electron chi connectivity index (χ4n) is 2.74. The number of hydrogen-bond donors (Lipinski definition) is 0. The molecule has 1 atom stereocenters. The van der Waals surface area contributed by atoms with Crippen LogP contribution < -0.4 is 14.2 Å². The average molecular weight is 335 g/mol. The standard InChI is InChI=1S/C18H25NO5/c1-5-14-12-24-9-8-19(14)17(20)7-6-13-10-15(21-2)18(23-4)16(11-13)22-3/h6-7,10-11,14H,5,8-9,12H2,1-4H3/b7-6+. The lowest BCUT2D eigenvalue weighted by Crippen LogP contribution is -2.47. The van der Waals surface area contributed by atoms with Crippen LogP contribution in [-0.2, 0) is 9.53 Å². The molecule has 24 heavy (non-hydrogen) atoms. The van der Waals surface area contributed by atoms with Gasteiger partial charge >= 0.3 is 0 Å². The fourth-order valence-corrected chi connectivity index (χ4v) is 2.74. The molecule has 6 heteroatoms. The Morgan fingerprint density at radius 1 is 1.25 bits per heavy atom.